The van der Waals surface area contributed by atoms with Crippen LogP contribution in [0.2, 0.25) is 0 Å². The van der Waals surface area contributed by atoms with E-state index in [-0.39, 0.29) is 0 Å². The average Bonchev–Trinajstić information content (AvgIpc) is 3.08. The molecule has 124 valence electrons. The van der Waals surface area contributed by atoms with E-state index >= 15 is 0 Å². The lowest BCUT2D eigenvalue weighted by molar-refractivity contribution is -0.587. The molecule has 4 aromatic carbocycles. The number of imidazole rings is 1. The lowest BCUT2D eigenvalue weighted by Crippen LogP contribution is -2.31. The number of fused-ring (bicyclic) bond motifs is 2. The predicted octanol–water partition coefficient (Wildman–Crippen LogP) is 5.08. The average molecular weight is 334 g/mol. The van der Waals surface area contributed by atoms with Gasteiger partial charge in [0, 0.05) is 11.3 Å². The van der Waals surface area contributed by atoms with Crippen molar-refractivity contribution in [2.24, 2.45) is 7.05 Å². The van der Waals surface area contributed by atoms with E-state index in [0.717, 1.165) is 11.5 Å². The molecule has 0 aliphatic rings. The summed E-state index contributed by atoms with van der Waals surface area (Å²) in [6.07, 6.45) is 5.33. The fourth-order valence-electron chi connectivity index (χ4n) is 3.61. The minimum Gasteiger partial charge on any atom is -0.356 e. The zero-order valence-electron chi connectivity index (χ0n) is 14.6. The van der Waals surface area contributed by atoms with Crippen molar-refractivity contribution in [2.45, 2.75) is 0 Å². The Labute approximate surface area is 152 Å². The fraction of sp³-hybridized carbons (Fsp3) is 0.0417. The molecule has 5 rings (SSSR count). The molecule has 0 aliphatic heterocycles. The molecule has 0 spiro atoms. The molecule has 0 saturated heterocycles. The molecule has 0 amide bonds. The van der Waals surface area contributed by atoms with Crippen LogP contribution in [0, 0.1) is 6.20 Å². The van der Waals surface area contributed by atoms with Crippen molar-refractivity contribution in [3.05, 3.63) is 97.3 Å². The van der Waals surface area contributed by atoms with Crippen LogP contribution < -0.4 is 4.57 Å². The highest BCUT2D eigenvalue weighted by Crippen LogP contribution is 2.27. The second-order valence-electron chi connectivity index (χ2n) is 6.62. The van der Waals surface area contributed by atoms with Gasteiger partial charge >= 0.3 is 0 Å². The predicted molar refractivity (Wildman–Crippen MR) is 106 cm³/mol. The third-order valence-corrected chi connectivity index (χ3v) is 4.90. The fourth-order valence-corrected chi connectivity index (χ4v) is 3.61. The minimum absolute atomic E-state index is 1.11. The molecule has 5 aromatic rings. The molecule has 0 aliphatic carbocycles. The first kappa shape index (κ1) is 14.9. The largest absolute Gasteiger partial charge is 0.356 e. The molecule has 0 unspecified atom stereocenters. The number of para-hydroxylation sites is 1. The first-order valence-corrected chi connectivity index (χ1v) is 8.77. The third kappa shape index (κ3) is 2.39. The van der Waals surface area contributed by atoms with E-state index in [9.17, 15) is 0 Å². The highest BCUT2D eigenvalue weighted by Gasteiger charge is 2.11. The molecule has 0 N–H and O–H groups in total. The third-order valence-electron chi connectivity index (χ3n) is 4.90. The molecule has 0 fully saturated rings. The topological polar surface area (TPSA) is 8.81 Å². The molecule has 2 heteroatoms. The molecular formula is C24H18N2. The standard InChI is InChI=1S/C24H18N2/c1-25-13-14-26(23-9-3-2-4-10-23)24(25)21-12-11-20-15-18-7-5-6-8-19(18)16-22(20)17-21/h2-13,15-17H,1H3. The number of aromatic nitrogens is 2. The maximum absolute atomic E-state index is 3.35. The van der Waals surface area contributed by atoms with Crippen LogP contribution in [-0.2, 0) is 7.05 Å². The van der Waals surface area contributed by atoms with Gasteiger partial charge in [0.05, 0.1) is 19.4 Å². The number of nitrogens with zero attached hydrogens (tertiary/aromatic N) is 2. The summed E-state index contributed by atoms with van der Waals surface area (Å²) in [5, 5.41) is 5.06. The highest BCUT2D eigenvalue weighted by atomic mass is 15.1. The first-order chi connectivity index (χ1) is 12.8. The zero-order valence-corrected chi connectivity index (χ0v) is 14.6. The number of hydrogen-bond acceptors (Lipinski definition) is 0. The van der Waals surface area contributed by atoms with E-state index in [2.05, 4.69) is 101 Å². The lowest BCUT2D eigenvalue weighted by Gasteiger charge is -2.12. The molecule has 0 saturated carbocycles. The molecular weight excluding hydrogens is 316 g/mol. The summed E-state index contributed by atoms with van der Waals surface area (Å²) in [5.41, 5.74) is 2.29. The van der Waals surface area contributed by atoms with E-state index in [1.807, 2.05) is 12.3 Å². The number of rotatable bonds is 2. The van der Waals surface area contributed by atoms with E-state index in [0.29, 0.717) is 0 Å². The number of benzene rings is 4. The van der Waals surface area contributed by atoms with E-state index in [1.54, 1.807) is 0 Å². The molecule has 0 radical (unpaired) electrons. The van der Waals surface area contributed by atoms with Crippen LogP contribution in [0.4, 0.5) is 0 Å². The van der Waals surface area contributed by atoms with Crippen molar-refractivity contribution in [3.63, 3.8) is 0 Å². The summed E-state index contributed by atoms with van der Waals surface area (Å²) in [4.78, 5) is 0. The first-order valence-electron chi connectivity index (χ1n) is 8.77. The van der Waals surface area contributed by atoms with Gasteiger partial charge in [-0.3, -0.25) is 4.57 Å². The normalized spacial score (nSPS) is 11.3. The van der Waals surface area contributed by atoms with Crippen LogP contribution in [0.15, 0.2) is 91.1 Å². The van der Waals surface area contributed by atoms with Gasteiger partial charge in [-0.15, -0.1) is 0 Å². The van der Waals surface area contributed by atoms with Gasteiger partial charge in [-0.2, -0.15) is 0 Å². The summed E-state index contributed by atoms with van der Waals surface area (Å²) >= 11 is 0. The molecule has 1 aromatic heterocycles. The second kappa shape index (κ2) is 5.85. The minimum atomic E-state index is 1.11. The van der Waals surface area contributed by atoms with Crippen molar-refractivity contribution < 1.29 is 4.57 Å². The zero-order chi connectivity index (χ0) is 17.5. The summed E-state index contributed by atoms with van der Waals surface area (Å²) in [5.74, 6) is 1.12. The van der Waals surface area contributed by atoms with Crippen LogP contribution in [0.1, 0.15) is 0 Å². The Hall–Kier alpha value is -3.39. The van der Waals surface area contributed by atoms with Crippen molar-refractivity contribution in [3.8, 4) is 17.1 Å². The van der Waals surface area contributed by atoms with Gasteiger partial charge < -0.3 is 4.57 Å². The highest BCUT2D eigenvalue weighted by molar-refractivity contribution is 5.99. The van der Waals surface area contributed by atoms with Gasteiger partial charge in [0.2, 0.25) is 0 Å². The molecule has 1 heterocycles. The van der Waals surface area contributed by atoms with Crippen LogP contribution in [0.25, 0.3) is 38.6 Å². The summed E-state index contributed by atoms with van der Waals surface area (Å²) < 4.78 is 4.23. The van der Waals surface area contributed by atoms with Gasteiger partial charge in [0.1, 0.15) is 0 Å². The Balaban J connectivity index is 1.73. The maximum Gasteiger partial charge on any atom is 0.185 e. The van der Waals surface area contributed by atoms with Gasteiger partial charge in [0.15, 0.2) is 5.82 Å². The molecule has 0 bridgehead atoms. The smallest absolute Gasteiger partial charge is 0.185 e. The Morgan fingerprint density at radius 1 is 0.692 bits per heavy atom. The monoisotopic (exact) mass is 334 g/mol. The van der Waals surface area contributed by atoms with E-state index in [4.69, 9.17) is 0 Å². The number of hydrogen-bond donors (Lipinski definition) is 0. The Kier molecular flexibility index (Phi) is 3.36. The van der Waals surface area contributed by atoms with Gasteiger partial charge in [-0.05, 0) is 33.7 Å². The lowest BCUT2D eigenvalue weighted by atomic mass is 10.0. The van der Waals surface area contributed by atoms with Crippen molar-refractivity contribution in [1.29, 1.82) is 0 Å². The van der Waals surface area contributed by atoms with Crippen molar-refractivity contribution in [1.82, 2.24) is 4.57 Å². The summed E-state index contributed by atoms with van der Waals surface area (Å²) in [6.45, 7) is 0. The van der Waals surface area contributed by atoms with Gasteiger partial charge in [-0.1, -0.05) is 72.8 Å². The molecule has 0 atom stereocenters. The van der Waals surface area contributed by atoms with Crippen LogP contribution in [0.5, 0.6) is 0 Å². The van der Waals surface area contributed by atoms with E-state index < -0.39 is 0 Å². The Morgan fingerprint density at radius 2 is 1.35 bits per heavy atom. The van der Waals surface area contributed by atoms with Gasteiger partial charge in [0.25, 0.3) is 0 Å². The van der Waals surface area contributed by atoms with Crippen LogP contribution in [0.3, 0.4) is 0 Å². The quantitative estimate of drug-likeness (QED) is 0.242. The van der Waals surface area contributed by atoms with E-state index in [1.165, 1.54) is 27.1 Å². The Bertz CT molecular complexity index is 1230. The summed E-state index contributed by atoms with van der Waals surface area (Å²) in [7, 11) is 2.07. The van der Waals surface area contributed by atoms with Crippen LogP contribution >= 0.6 is 0 Å². The molecule has 2 nitrogen and oxygen atoms in total. The Morgan fingerprint density at radius 3 is 2.12 bits per heavy atom. The summed E-state index contributed by atoms with van der Waals surface area (Å²) in [6, 6.07) is 30.1. The SMILES string of the molecule is Cn1c[c-][n+](-c2ccccc2)c1-c1ccc2cc3ccccc3cc2c1. The molecule has 26 heavy (non-hydrogen) atoms. The maximum atomic E-state index is 3.35. The second-order valence-corrected chi connectivity index (χ2v) is 6.62. The van der Waals surface area contributed by atoms with Crippen molar-refractivity contribution in [2.75, 3.05) is 0 Å². The van der Waals surface area contributed by atoms with Gasteiger partial charge in [-0.25, -0.2) is 0 Å². The van der Waals surface area contributed by atoms with Crippen molar-refractivity contribution >= 4 is 21.5 Å². The number of aryl methyl sites for hydroxylation is 1. The van der Waals surface area contributed by atoms with Crippen LogP contribution in [-0.4, -0.2) is 4.57 Å².